The number of para-hydroxylation sites is 2. The van der Waals surface area contributed by atoms with Crippen LogP contribution in [0.3, 0.4) is 0 Å². The molecule has 2 aliphatic carbocycles. The Morgan fingerprint density at radius 2 is 0.926 bits per heavy atom. The number of hydrogen-bond donors (Lipinski definition) is 0. The second-order valence-electron chi connectivity index (χ2n) is 15.6. The molecule has 7 aromatic carbocycles. The summed E-state index contributed by atoms with van der Waals surface area (Å²) in [5, 5.41) is 2.66. The first-order chi connectivity index (χ1) is 26.4. The molecule has 2 unspecified atom stereocenters. The highest BCUT2D eigenvalue weighted by Gasteiger charge is 2.52. The Labute approximate surface area is 322 Å². The fourth-order valence-corrected chi connectivity index (χ4v) is 10.4. The van der Waals surface area contributed by atoms with Crippen molar-refractivity contribution in [3.63, 3.8) is 0 Å². The van der Waals surface area contributed by atoms with Crippen LogP contribution in [0, 0.1) is 5.92 Å². The van der Waals surface area contributed by atoms with Gasteiger partial charge < -0.3 is 4.90 Å². The van der Waals surface area contributed by atoms with Crippen LogP contribution in [0.15, 0.2) is 188 Å². The maximum Gasteiger partial charge on any atom is 0.0462 e. The van der Waals surface area contributed by atoms with Gasteiger partial charge in [-0.2, -0.15) is 0 Å². The van der Waals surface area contributed by atoms with Crippen molar-refractivity contribution in [2.45, 2.75) is 31.6 Å². The van der Waals surface area contributed by atoms with E-state index in [1.54, 1.807) is 0 Å². The zero-order valence-electron chi connectivity index (χ0n) is 30.8. The van der Waals surface area contributed by atoms with E-state index in [1.165, 1.54) is 64.7 Å². The predicted octanol–water partition coefficient (Wildman–Crippen LogP) is 14.7. The molecule has 0 saturated heterocycles. The zero-order valence-corrected chi connectivity index (χ0v) is 31.6. The predicted molar refractivity (Wildman–Crippen MR) is 232 cm³/mol. The SMILES string of the molecule is CC1(C)c2ccccc2C2(C)C=CC(c3ccc4c(c3)sc3cc(-c5ccc(-c6ccc(N(c7ccccc7)c7ccccc7)cc6)cc5)ccc34)=CC12. The molecule has 10 rings (SSSR count). The van der Waals surface area contributed by atoms with E-state index in [2.05, 4.69) is 214 Å². The molecule has 0 spiro atoms. The van der Waals surface area contributed by atoms with Gasteiger partial charge in [-0.25, -0.2) is 0 Å². The summed E-state index contributed by atoms with van der Waals surface area (Å²) in [6, 6.07) is 62.1. The van der Waals surface area contributed by atoms with Gasteiger partial charge in [0.15, 0.2) is 0 Å². The minimum atomic E-state index is 0.0254. The summed E-state index contributed by atoms with van der Waals surface area (Å²) in [5.41, 5.74) is 14.0. The lowest BCUT2D eigenvalue weighted by atomic mass is 9.66. The molecule has 1 heterocycles. The Morgan fingerprint density at radius 3 is 1.54 bits per heavy atom. The van der Waals surface area contributed by atoms with E-state index in [9.17, 15) is 0 Å². The van der Waals surface area contributed by atoms with E-state index >= 15 is 0 Å². The molecule has 0 bridgehead atoms. The molecule has 0 aliphatic heterocycles. The molecule has 0 fully saturated rings. The topological polar surface area (TPSA) is 3.24 Å². The number of benzene rings is 7. The highest BCUT2D eigenvalue weighted by atomic mass is 32.1. The molecule has 0 N–H and O–H groups in total. The minimum absolute atomic E-state index is 0.0254. The minimum Gasteiger partial charge on any atom is -0.311 e. The van der Waals surface area contributed by atoms with Crippen LogP contribution in [0.5, 0.6) is 0 Å². The third kappa shape index (κ3) is 5.28. The van der Waals surface area contributed by atoms with Crippen LogP contribution in [0.1, 0.15) is 37.5 Å². The van der Waals surface area contributed by atoms with Crippen LogP contribution >= 0.6 is 11.3 Å². The standard InChI is InChI=1S/C52H41NS/c1-51(2)46-16-10-11-17-47(46)52(3)31-30-40(34-50(51)52)39-25-29-45-44-28-24-38(32-48(44)54-49(45)33-39)37-20-18-35(19-21-37)36-22-26-43(27-23-36)53(41-12-6-4-7-13-41)42-14-8-5-9-15-42/h4-34,50H,1-3H3. The normalized spacial score (nSPS) is 18.4. The molecule has 2 heteroatoms. The van der Waals surface area contributed by atoms with Crippen molar-refractivity contribution in [1.29, 1.82) is 0 Å². The molecule has 260 valence electrons. The van der Waals surface area contributed by atoms with Crippen molar-refractivity contribution in [2.24, 2.45) is 5.92 Å². The highest BCUT2D eigenvalue weighted by molar-refractivity contribution is 7.25. The molecule has 8 aromatic rings. The van der Waals surface area contributed by atoms with Crippen molar-refractivity contribution in [3.05, 3.63) is 205 Å². The Hall–Kier alpha value is -5.96. The fraction of sp³-hybridized carbons (Fsp3) is 0.115. The highest BCUT2D eigenvalue weighted by Crippen LogP contribution is 2.57. The molecular formula is C52H41NS. The first-order valence-electron chi connectivity index (χ1n) is 19.0. The van der Waals surface area contributed by atoms with E-state index < -0.39 is 0 Å². The summed E-state index contributed by atoms with van der Waals surface area (Å²) in [6.45, 7) is 7.25. The lowest BCUT2D eigenvalue weighted by molar-refractivity contribution is 0.325. The van der Waals surface area contributed by atoms with Gasteiger partial charge in [-0.1, -0.05) is 160 Å². The van der Waals surface area contributed by atoms with Crippen LogP contribution in [-0.2, 0) is 10.8 Å². The number of fused-ring (bicyclic) bond motifs is 6. The average Bonchev–Trinajstić information content (AvgIpc) is 3.67. The van der Waals surface area contributed by atoms with E-state index in [0.717, 1.165) is 17.1 Å². The number of thiophene rings is 1. The summed E-state index contributed by atoms with van der Waals surface area (Å²) in [7, 11) is 0. The van der Waals surface area contributed by atoms with Gasteiger partial charge in [0, 0.05) is 42.6 Å². The second-order valence-corrected chi connectivity index (χ2v) is 16.7. The second kappa shape index (κ2) is 12.6. The molecule has 0 saturated carbocycles. The number of hydrogen-bond acceptors (Lipinski definition) is 2. The van der Waals surface area contributed by atoms with Crippen molar-refractivity contribution in [1.82, 2.24) is 0 Å². The van der Waals surface area contributed by atoms with Crippen molar-refractivity contribution in [2.75, 3.05) is 4.90 Å². The van der Waals surface area contributed by atoms with Crippen molar-refractivity contribution >= 4 is 54.1 Å². The number of nitrogens with zero attached hydrogens (tertiary/aromatic N) is 1. The Balaban J connectivity index is 0.912. The first kappa shape index (κ1) is 32.7. The third-order valence-electron chi connectivity index (χ3n) is 12.1. The zero-order chi connectivity index (χ0) is 36.4. The Kier molecular flexibility index (Phi) is 7.61. The van der Waals surface area contributed by atoms with Crippen LogP contribution in [0.4, 0.5) is 17.1 Å². The quantitative estimate of drug-likeness (QED) is 0.166. The summed E-state index contributed by atoms with van der Waals surface area (Å²) in [6.07, 6.45) is 7.38. The number of rotatable bonds is 6. The molecule has 1 nitrogen and oxygen atoms in total. The van der Waals surface area contributed by atoms with Crippen molar-refractivity contribution < 1.29 is 0 Å². The summed E-state index contributed by atoms with van der Waals surface area (Å²) in [5.74, 6) is 0.415. The molecule has 54 heavy (non-hydrogen) atoms. The third-order valence-corrected chi connectivity index (χ3v) is 13.2. The first-order valence-corrected chi connectivity index (χ1v) is 19.8. The summed E-state index contributed by atoms with van der Waals surface area (Å²) in [4.78, 5) is 2.30. The van der Waals surface area contributed by atoms with Gasteiger partial charge in [0.1, 0.15) is 0 Å². The molecule has 2 atom stereocenters. The van der Waals surface area contributed by atoms with Crippen molar-refractivity contribution in [3.8, 4) is 22.3 Å². The lowest BCUT2D eigenvalue weighted by Crippen LogP contribution is -2.34. The van der Waals surface area contributed by atoms with Gasteiger partial charge in [0.05, 0.1) is 0 Å². The van der Waals surface area contributed by atoms with Gasteiger partial charge >= 0.3 is 0 Å². The monoisotopic (exact) mass is 711 g/mol. The van der Waals surface area contributed by atoms with E-state index in [-0.39, 0.29) is 10.8 Å². The lowest BCUT2D eigenvalue weighted by Gasteiger charge is -2.37. The molecule has 0 amide bonds. The van der Waals surface area contributed by atoms with E-state index in [4.69, 9.17) is 0 Å². The maximum absolute atomic E-state index is 2.55. The van der Waals surface area contributed by atoms with Crippen LogP contribution in [0.25, 0.3) is 48.0 Å². The van der Waals surface area contributed by atoms with E-state index in [0.29, 0.717) is 5.92 Å². The largest absolute Gasteiger partial charge is 0.311 e. The van der Waals surface area contributed by atoms with Crippen LogP contribution in [0.2, 0.25) is 0 Å². The molecule has 1 aromatic heterocycles. The number of allylic oxidation sites excluding steroid dienone is 4. The fourth-order valence-electron chi connectivity index (χ4n) is 9.26. The maximum atomic E-state index is 2.55. The van der Waals surface area contributed by atoms with E-state index in [1.807, 2.05) is 11.3 Å². The Morgan fingerprint density at radius 1 is 0.463 bits per heavy atom. The smallest absolute Gasteiger partial charge is 0.0462 e. The van der Waals surface area contributed by atoms with Gasteiger partial charge in [-0.3, -0.25) is 0 Å². The van der Waals surface area contributed by atoms with Crippen LogP contribution < -0.4 is 4.90 Å². The van der Waals surface area contributed by atoms with Gasteiger partial charge in [-0.05, 0) is 104 Å². The van der Waals surface area contributed by atoms with Gasteiger partial charge in [-0.15, -0.1) is 11.3 Å². The number of anilines is 3. The summed E-state index contributed by atoms with van der Waals surface area (Å²) < 4.78 is 2.67. The van der Waals surface area contributed by atoms with Gasteiger partial charge in [0.2, 0.25) is 0 Å². The Bertz CT molecular complexity index is 2690. The van der Waals surface area contributed by atoms with Gasteiger partial charge in [0.25, 0.3) is 0 Å². The summed E-state index contributed by atoms with van der Waals surface area (Å²) >= 11 is 1.90. The molecule has 2 aliphatic rings. The average molecular weight is 712 g/mol. The van der Waals surface area contributed by atoms with Crippen LogP contribution in [-0.4, -0.2) is 0 Å². The molecular weight excluding hydrogens is 671 g/mol. The molecule has 0 radical (unpaired) electrons.